The molecule has 110 valence electrons. The largest absolute Gasteiger partial charge is 0.293 e. The quantitative estimate of drug-likeness (QED) is 0.704. The zero-order valence-electron chi connectivity index (χ0n) is 11.4. The van der Waals surface area contributed by atoms with Gasteiger partial charge in [-0.15, -0.1) is 0 Å². The highest BCUT2D eigenvalue weighted by molar-refractivity contribution is 9.10. The molecule has 2 nitrogen and oxygen atoms in total. The van der Waals surface area contributed by atoms with Gasteiger partial charge >= 0.3 is 0 Å². The van der Waals surface area contributed by atoms with E-state index in [1.54, 1.807) is 37.3 Å². The van der Waals surface area contributed by atoms with E-state index >= 15 is 0 Å². The summed E-state index contributed by atoms with van der Waals surface area (Å²) < 4.78 is 13.3. The number of carbonyl (C=O) groups excluding carboxylic acids is 1. The average molecular weight is 386 g/mol. The van der Waals surface area contributed by atoms with Crippen LogP contribution in [0.15, 0.2) is 53.0 Å². The van der Waals surface area contributed by atoms with Crippen molar-refractivity contribution in [1.82, 2.24) is 0 Å². The molecule has 0 radical (unpaired) electrons. The predicted octanol–water partition coefficient (Wildman–Crippen LogP) is 4.62. The molecule has 2 aromatic rings. The second-order valence-corrected chi connectivity index (χ2v) is 7.71. The molecule has 0 aliphatic carbocycles. The molecular weight excluding hydrogens is 372 g/mol. The van der Waals surface area contributed by atoms with Gasteiger partial charge in [0.1, 0.15) is 0 Å². The summed E-state index contributed by atoms with van der Waals surface area (Å²) in [5.74, 6) is 0.163. The molecule has 0 aliphatic heterocycles. The van der Waals surface area contributed by atoms with Crippen molar-refractivity contribution in [1.29, 1.82) is 0 Å². The SMILES string of the molecule is CC(C(=O)c1ccc(Br)cc1)S(=O)Cc1ccccc1Cl. The number of halogens is 2. The predicted molar refractivity (Wildman–Crippen MR) is 91.2 cm³/mol. The highest BCUT2D eigenvalue weighted by Gasteiger charge is 2.22. The topological polar surface area (TPSA) is 34.1 Å². The Morgan fingerprint density at radius 1 is 1.19 bits per heavy atom. The third-order valence-corrected chi connectivity index (χ3v) is 5.64. The van der Waals surface area contributed by atoms with E-state index in [0.717, 1.165) is 10.0 Å². The fraction of sp³-hybridized carbons (Fsp3) is 0.188. The van der Waals surface area contributed by atoms with Crippen molar-refractivity contribution in [3.8, 4) is 0 Å². The molecule has 0 spiro atoms. The first-order valence-corrected chi connectivity index (χ1v) is 8.94. The monoisotopic (exact) mass is 384 g/mol. The van der Waals surface area contributed by atoms with Gasteiger partial charge in [-0.2, -0.15) is 0 Å². The average Bonchev–Trinajstić information content (AvgIpc) is 2.49. The Morgan fingerprint density at radius 2 is 1.81 bits per heavy atom. The zero-order valence-corrected chi connectivity index (χ0v) is 14.5. The molecule has 0 aromatic heterocycles. The van der Waals surface area contributed by atoms with Crippen LogP contribution in [-0.4, -0.2) is 15.2 Å². The first kappa shape index (κ1) is 16.4. The molecule has 0 heterocycles. The molecule has 0 amide bonds. The Labute approximate surface area is 140 Å². The van der Waals surface area contributed by atoms with Gasteiger partial charge in [0.2, 0.25) is 0 Å². The van der Waals surface area contributed by atoms with Crippen molar-refractivity contribution in [3.63, 3.8) is 0 Å². The minimum Gasteiger partial charge on any atom is -0.293 e. The van der Waals surface area contributed by atoms with Crippen molar-refractivity contribution in [3.05, 3.63) is 69.2 Å². The minimum absolute atomic E-state index is 0.118. The number of hydrogen-bond donors (Lipinski definition) is 0. The van der Waals surface area contributed by atoms with Gasteiger partial charge in [-0.3, -0.25) is 9.00 Å². The summed E-state index contributed by atoms with van der Waals surface area (Å²) in [4.78, 5) is 12.3. The second-order valence-electron chi connectivity index (χ2n) is 4.63. The van der Waals surface area contributed by atoms with Crippen LogP contribution in [0, 0.1) is 0 Å². The Balaban J connectivity index is 2.10. The highest BCUT2D eigenvalue weighted by Crippen LogP contribution is 2.19. The molecular formula is C16H14BrClO2S. The first-order valence-electron chi connectivity index (χ1n) is 6.39. The van der Waals surface area contributed by atoms with E-state index in [-0.39, 0.29) is 11.5 Å². The van der Waals surface area contributed by atoms with Gasteiger partial charge in [0.25, 0.3) is 0 Å². The van der Waals surface area contributed by atoms with Crippen LogP contribution in [0.2, 0.25) is 5.02 Å². The van der Waals surface area contributed by atoms with Crippen LogP contribution in [0.5, 0.6) is 0 Å². The third-order valence-electron chi connectivity index (χ3n) is 3.15. The third kappa shape index (κ3) is 4.25. The normalized spacial score (nSPS) is 13.7. The van der Waals surface area contributed by atoms with Crippen LogP contribution >= 0.6 is 27.5 Å². The van der Waals surface area contributed by atoms with E-state index in [1.807, 2.05) is 18.2 Å². The van der Waals surface area contributed by atoms with Gasteiger partial charge < -0.3 is 0 Å². The van der Waals surface area contributed by atoms with E-state index in [1.165, 1.54) is 0 Å². The lowest BCUT2D eigenvalue weighted by atomic mass is 10.1. The number of carbonyl (C=O) groups is 1. The maximum Gasteiger partial charge on any atom is 0.178 e. The molecule has 2 atom stereocenters. The Bertz CT molecular complexity index is 670. The van der Waals surface area contributed by atoms with E-state index in [9.17, 15) is 9.00 Å². The summed E-state index contributed by atoms with van der Waals surface area (Å²) in [6.07, 6.45) is 0. The summed E-state index contributed by atoms with van der Waals surface area (Å²) in [6, 6.07) is 14.3. The van der Waals surface area contributed by atoms with Gasteiger partial charge in [0.05, 0.1) is 11.0 Å². The highest BCUT2D eigenvalue weighted by atomic mass is 79.9. The fourth-order valence-corrected chi connectivity index (χ4v) is 3.59. The number of rotatable bonds is 5. The van der Waals surface area contributed by atoms with Crippen molar-refractivity contribution in [2.75, 3.05) is 0 Å². The maximum absolute atomic E-state index is 12.4. The Hall–Kier alpha value is -0.970. The summed E-state index contributed by atoms with van der Waals surface area (Å²) in [6.45, 7) is 1.69. The standard InChI is InChI=1S/C16H14BrClO2S/c1-11(16(19)12-6-8-14(17)9-7-12)21(20)10-13-4-2-3-5-15(13)18/h2-9,11H,10H2,1H3. The van der Waals surface area contributed by atoms with Crippen molar-refractivity contribution < 1.29 is 9.00 Å². The van der Waals surface area contributed by atoms with Crippen LogP contribution in [0.4, 0.5) is 0 Å². The van der Waals surface area contributed by atoms with Gasteiger partial charge in [-0.25, -0.2) is 0 Å². The van der Waals surface area contributed by atoms with Crippen molar-refractivity contribution in [2.45, 2.75) is 17.9 Å². The van der Waals surface area contributed by atoms with Gasteiger partial charge in [0, 0.05) is 25.9 Å². The molecule has 5 heteroatoms. The second kappa shape index (κ2) is 7.34. The van der Waals surface area contributed by atoms with E-state index in [0.29, 0.717) is 10.6 Å². The molecule has 21 heavy (non-hydrogen) atoms. The van der Waals surface area contributed by atoms with Crippen LogP contribution in [0.3, 0.4) is 0 Å². The molecule has 0 saturated carbocycles. The van der Waals surface area contributed by atoms with E-state index in [4.69, 9.17) is 11.6 Å². The zero-order chi connectivity index (χ0) is 15.4. The van der Waals surface area contributed by atoms with Crippen molar-refractivity contribution >= 4 is 44.1 Å². The molecule has 0 saturated heterocycles. The van der Waals surface area contributed by atoms with Crippen LogP contribution in [-0.2, 0) is 16.6 Å². The summed E-state index contributed by atoms with van der Waals surface area (Å²) in [7, 11) is -1.31. The number of ketones is 1. The van der Waals surface area contributed by atoms with E-state index in [2.05, 4.69) is 15.9 Å². The van der Waals surface area contributed by atoms with Crippen LogP contribution < -0.4 is 0 Å². The molecule has 2 rings (SSSR count). The minimum atomic E-state index is -1.31. The Kier molecular flexibility index (Phi) is 5.73. The number of benzene rings is 2. The van der Waals surface area contributed by atoms with Gasteiger partial charge in [0.15, 0.2) is 5.78 Å². The lowest BCUT2D eigenvalue weighted by Crippen LogP contribution is -2.23. The lowest BCUT2D eigenvalue weighted by molar-refractivity contribution is 0.0992. The van der Waals surface area contributed by atoms with Crippen LogP contribution in [0.1, 0.15) is 22.8 Å². The summed E-state index contributed by atoms with van der Waals surface area (Å²) in [5, 5.41) is 0.0107. The van der Waals surface area contributed by atoms with Crippen molar-refractivity contribution in [2.24, 2.45) is 0 Å². The molecule has 0 fully saturated rings. The Morgan fingerprint density at radius 3 is 2.43 bits per heavy atom. The fourth-order valence-electron chi connectivity index (χ4n) is 1.86. The molecule has 2 unspecified atom stereocenters. The maximum atomic E-state index is 12.4. The molecule has 0 bridgehead atoms. The molecule has 2 aromatic carbocycles. The lowest BCUT2D eigenvalue weighted by Gasteiger charge is -2.11. The molecule has 0 N–H and O–H groups in total. The smallest absolute Gasteiger partial charge is 0.178 e. The first-order chi connectivity index (χ1) is 9.99. The van der Waals surface area contributed by atoms with Gasteiger partial charge in [-0.1, -0.05) is 57.9 Å². The number of hydrogen-bond acceptors (Lipinski definition) is 2. The number of Topliss-reactive ketones (excluding diaryl/α,β-unsaturated/α-hetero) is 1. The van der Waals surface area contributed by atoms with Crippen LogP contribution in [0.25, 0.3) is 0 Å². The summed E-state index contributed by atoms with van der Waals surface area (Å²) in [5.41, 5.74) is 1.37. The van der Waals surface area contributed by atoms with Gasteiger partial charge in [-0.05, 0) is 30.7 Å². The summed E-state index contributed by atoms with van der Waals surface area (Å²) >= 11 is 9.39. The van der Waals surface area contributed by atoms with E-state index < -0.39 is 16.0 Å². The molecule has 0 aliphatic rings.